The first-order valence-corrected chi connectivity index (χ1v) is 7.80. The molecule has 0 aliphatic carbocycles. The van der Waals surface area contributed by atoms with E-state index in [0.29, 0.717) is 21.9 Å². The van der Waals surface area contributed by atoms with Gasteiger partial charge in [-0.25, -0.2) is 0 Å². The summed E-state index contributed by atoms with van der Waals surface area (Å²) in [6.45, 7) is 3.75. The molecule has 0 saturated heterocycles. The molecule has 22 heavy (non-hydrogen) atoms. The molecule has 2 rings (SSSR count). The molecule has 0 radical (unpaired) electrons. The van der Waals surface area contributed by atoms with E-state index in [1.165, 1.54) is 30.6 Å². The second kappa shape index (κ2) is 6.57. The van der Waals surface area contributed by atoms with Crippen LogP contribution < -0.4 is 10.1 Å². The zero-order valence-electron chi connectivity index (χ0n) is 12.1. The van der Waals surface area contributed by atoms with Crippen molar-refractivity contribution in [1.29, 1.82) is 5.26 Å². The Morgan fingerprint density at radius 3 is 2.41 bits per heavy atom. The molecule has 0 aliphatic rings. The number of aryl methyl sites for hydroxylation is 1. The average Bonchev–Trinajstić information content (AvgIpc) is 2.72. The number of nitrogens with one attached hydrogen (secondary N) is 1. The largest absolute Gasteiger partial charge is 0.494 e. The standard InChI is InChI=1S/C15H12Cl2N2O2S/c1-7-8(2)22-15(10(7)6-18)19-14(20)9-4-11(16)13(21-3)12(17)5-9/h4-5H,1-3H3,(H,19,20). The predicted molar refractivity (Wildman–Crippen MR) is 89.5 cm³/mol. The van der Waals surface area contributed by atoms with E-state index in [1.807, 2.05) is 13.8 Å². The first-order valence-electron chi connectivity index (χ1n) is 6.23. The molecule has 1 aromatic heterocycles. The minimum absolute atomic E-state index is 0.249. The van der Waals surface area contributed by atoms with E-state index in [-0.39, 0.29) is 16.0 Å². The van der Waals surface area contributed by atoms with Crippen molar-refractivity contribution in [1.82, 2.24) is 0 Å². The summed E-state index contributed by atoms with van der Waals surface area (Å²) >= 11 is 13.4. The minimum atomic E-state index is -0.385. The fourth-order valence-corrected chi connectivity index (χ4v) is 3.56. The molecule has 7 heteroatoms. The van der Waals surface area contributed by atoms with Gasteiger partial charge in [0.15, 0.2) is 5.75 Å². The van der Waals surface area contributed by atoms with Gasteiger partial charge in [0.1, 0.15) is 11.1 Å². The molecule has 2 aromatic rings. The molecule has 0 spiro atoms. The molecule has 0 aliphatic heterocycles. The quantitative estimate of drug-likeness (QED) is 0.860. The van der Waals surface area contributed by atoms with Gasteiger partial charge in [-0.05, 0) is 31.5 Å². The van der Waals surface area contributed by atoms with Gasteiger partial charge in [-0.1, -0.05) is 23.2 Å². The molecule has 4 nitrogen and oxygen atoms in total. The molecule has 0 atom stereocenters. The lowest BCUT2D eigenvalue weighted by Gasteiger charge is -2.09. The lowest BCUT2D eigenvalue weighted by Crippen LogP contribution is -2.12. The van der Waals surface area contributed by atoms with E-state index in [2.05, 4.69) is 11.4 Å². The Balaban J connectivity index is 2.35. The van der Waals surface area contributed by atoms with Gasteiger partial charge in [0.25, 0.3) is 5.91 Å². The first kappa shape index (κ1) is 16.6. The Bertz CT molecular complexity index is 771. The number of rotatable bonds is 3. The van der Waals surface area contributed by atoms with E-state index in [9.17, 15) is 10.1 Å². The highest BCUT2D eigenvalue weighted by Crippen LogP contribution is 2.35. The SMILES string of the molecule is COc1c(Cl)cc(C(=O)Nc2sc(C)c(C)c2C#N)cc1Cl. The predicted octanol–water partition coefficient (Wildman–Crippen LogP) is 4.80. The summed E-state index contributed by atoms with van der Waals surface area (Å²) < 4.78 is 5.05. The van der Waals surface area contributed by atoms with Crippen molar-refractivity contribution in [3.8, 4) is 11.8 Å². The van der Waals surface area contributed by atoms with Crippen molar-refractivity contribution in [2.75, 3.05) is 12.4 Å². The molecule has 1 heterocycles. The molecular weight excluding hydrogens is 343 g/mol. The second-order valence-electron chi connectivity index (χ2n) is 4.53. The van der Waals surface area contributed by atoms with Crippen LogP contribution in [0.2, 0.25) is 10.0 Å². The van der Waals surface area contributed by atoms with Gasteiger partial charge in [-0.2, -0.15) is 5.26 Å². The van der Waals surface area contributed by atoms with Crippen LogP contribution in [0, 0.1) is 25.2 Å². The van der Waals surface area contributed by atoms with Crippen LogP contribution in [0.4, 0.5) is 5.00 Å². The Morgan fingerprint density at radius 2 is 1.91 bits per heavy atom. The number of carbonyl (C=O) groups is 1. The zero-order valence-corrected chi connectivity index (χ0v) is 14.4. The van der Waals surface area contributed by atoms with E-state index in [4.69, 9.17) is 27.9 Å². The van der Waals surface area contributed by atoms with Gasteiger partial charge in [0.05, 0.1) is 22.7 Å². The highest BCUT2D eigenvalue weighted by molar-refractivity contribution is 7.16. The third kappa shape index (κ3) is 3.05. The summed E-state index contributed by atoms with van der Waals surface area (Å²) in [6.07, 6.45) is 0. The van der Waals surface area contributed by atoms with Gasteiger partial charge >= 0.3 is 0 Å². The molecule has 0 fully saturated rings. The van der Waals surface area contributed by atoms with Crippen molar-refractivity contribution in [2.24, 2.45) is 0 Å². The Morgan fingerprint density at radius 1 is 1.32 bits per heavy atom. The third-order valence-corrected chi connectivity index (χ3v) is 4.87. The minimum Gasteiger partial charge on any atom is -0.494 e. The fourth-order valence-electron chi connectivity index (χ4n) is 1.91. The normalized spacial score (nSPS) is 10.2. The molecule has 1 aromatic carbocycles. The van der Waals surface area contributed by atoms with Gasteiger partial charge in [-0.3, -0.25) is 4.79 Å². The average molecular weight is 355 g/mol. The van der Waals surface area contributed by atoms with Gasteiger partial charge in [0.2, 0.25) is 0 Å². The van der Waals surface area contributed by atoms with Crippen LogP contribution in [-0.4, -0.2) is 13.0 Å². The number of carbonyl (C=O) groups excluding carboxylic acids is 1. The molecule has 1 amide bonds. The van der Waals surface area contributed by atoms with Crippen molar-refractivity contribution >= 4 is 45.4 Å². The second-order valence-corrected chi connectivity index (χ2v) is 6.57. The van der Waals surface area contributed by atoms with Gasteiger partial charge in [0, 0.05) is 10.4 Å². The molecule has 0 bridgehead atoms. The Hall–Kier alpha value is -1.74. The van der Waals surface area contributed by atoms with Crippen LogP contribution in [0.1, 0.15) is 26.4 Å². The van der Waals surface area contributed by atoms with E-state index < -0.39 is 0 Å². The maximum absolute atomic E-state index is 12.3. The summed E-state index contributed by atoms with van der Waals surface area (Å²) in [5.41, 5.74) is 1.64. The molecule has 114 valence electrons. The number of benzene rings is 1. The van der Waals surface area contributed by atoms with Crippen LogP contribution >= 0.6 is 34.5 Å². The van der Waals surface area contributed by atoms with E-state index >= 15 is 0 Å². The number of ether oxygens (including phenoxy) is 1. The number of nitriles is 1. The summed E-state index contributed by atoms with van der Waals surface area (Å²) in [5, 5.41) is 12.9. The maximum atomic E-state index is 12.3. The number of halogens is 2. The van der Waals surface area contributed by atoms with Crippen molar-refractivity contribution in [3.63, 3.8) is 0 Å². The summed E-state index contributed by atoms with van der Waals surface area (Å²) in [7, 11) is 1.45. The van der Waals surface area contributed by atoms with Crippen LogP contribution in [-0.2, 0) is 0 Å². The monoisotopic (exact) mass is 354 g/mol. The Kier molecular flexibility index (Phi) is 4.97. The van der Waals surface area contributed by atoms with E-state index in [1.54, 1.807) is 0 Å². The summed E-state index contributed by atoms with van der Waals surface area (Å²) in [4.78, 5) is 13.3. The molecule has 0 unspecified atom stereocenters. The van der Waals surface area contributed by atoms with E-state index in [0.717, 1.165) is 10.4 Å². The molecule has 1 N–H and O–H groups in total. The van der Waals surface area contributed by atoms with Crippen molar-refractivity contribution in [3.05, 3.63) is 43.7 Å². The Labute approximate surface area is 142 Å². The number of methoxy groups -OCH3 is 1. The first-order chi connectivity index (χ1) is 10.4. The number of anilines is 1. The topological polar surface area (TPSA) is 62.1 Å². The number of hydrogen-bond acceptors (Lipinski definition) is 4. The highest BCUT2D eigenvalue weighted by Gasteiger charge is 2.18. The van der Waals surface area contributed by atoms with Crippen LogP contribution in [0.3, 0.4) is 0 Å². The fraction of sp³-hybridized carbons (Fsp3) is 0.200. The third-order valence-electron chi connectivity index (χ3n) is 3.19. The number of nitrogens with zero attached hydrogens (tertiary/aromatic N) is 1. The summed E-state index contributed by atoms with van der Waals surface area (Å²) in [6, 6.07) is 5.05. The molecular formula is C15H12Cl2N2O2S. The highest BCUT2D eigenvalue weighted by atomic mass is 35.5. The van der Waals surface area contributed by atoms with Gasteiger partial charge < -0.3 is 10.1 Å². The number of thiophene rings is 1. The lowest BCUT2D eigenvalue weighted by molar-refractivity contribution is 0.102. The smallest absolute Gasteiger partial charge is 0.256 e. The van der Waals surface area contributed by atoms with Crippen LogP contribution in [0.15, 0.2) is 12.1 Å². The van der Waals surface area contributed by atoms with Crippen LogP contribution in [0.5, 0.6) is 5.75 Å². The summed E-state index contributed by atoms with van der Waals surface area (Å²) in [5.74, 6) is -0.0652. The zero-order chi connectivity index (χ0) is 16.4. The number of hydrogen-bond donors (Lipinski definition) is 1. The maximum Gasteiger partial charge on any atom is 0.256 e. The van der Waals surface area contributed by atoms with Gasteiger partial charge in [-0.15, -0.1) is 11.3 Å². The van der Waals surface area contributed by atoms with Crippen molar-refractivity contribution < 1.29 is 9.53 Å². The molecule has 0 saturated carbocycles. The van der Waals surface area contributed by atoms with Crippen molar-refractivity contribution in [2.45, 2.75) is 13.8 Å². The van der Waals surface area contributed by atoms with Crippen LogP contribution in [0.25, 0.3) is 0 Å². The lowest BCUT2D eigenvalue weighted by atomic mass is 10.1. The number of amides is 1.